The summed E-state index contributed by atoms with van der Waals surface area (Å²) in [6, 6.07) is 0. The molecule has 1 unspecified atom stereocenters. The quantitative estimate of drug-likeness (QED) is 0.0918. The maximum Gasteiger partial charge on any atom is 0.146 e. The fourth-order valence-electron chi connectivity index (χ4n) is 5.39. The zero-order valence-corrected chi connectivity index (χ0v) is 23.8. The summed E-state index contributed by atoms with van der Waals surface area (Å²) in [5, 5.41) is 9.94. The molecule has 3 heteroatoms. The number of aliphatic imine (C=N–C) groups is 1. The van der Waals surface area contributed by atoms with Gasteiger partial charge >= 0.3 is 0 Å². The highest BCUT2D eigenvalue weighted by Gasteiger charge is 2.20. The maximum absolute atomic E-state index is 9.94. The van der Waals surface area contributed by atoms with E-state index in [2.05, 4.69) is 18.5 Å². The molecule has 3 nitrogen and oxygen atoms in total. The molecule has 0 aromatic heterocycles. The third kappa shape index (κ3) is 19.0. The molecule has 1 N–H and O–H groups in total. The molecule has 0 saturated heterocycles. The minimum atomic E-state index is -0.564. The molecule has 0 aliphatic carbocycles. The van der Waals surface area contributed by atoms with E-state index >= 15 is 0 Å². The molecule has 0 saturated carbocycles. The van der Waals surface area contributed by atoms with Crippen molar-refractivity contribution in [2.75, 3.05) is 13.1 Å². The van der Waals surface area contributed by atoms with Gasteiger partial charge in [-0.15, -0.1) is 0 Å². The highest BCUT2D eigenvalue weighted by molar-refractivity contribution is 5.84. The Morgan fingerprint density at radius 1 is 0.657 bits per heavy atom. The van der Waals surface area contributed by atoms with Crippen molar-refractivity contribution in [2.45, 2.75) is 174 Å². The summed E-state index contributed by atoms with van der Waals surface area (Å²) in [7, 11) is 0. The Hall–Kier alpha value is -0.830. The summed E-state index contributed by atoms with van der Waals surface area (Å²) in [5.41, 5.74) is 0. The van der Waals surface area contributed by atoms with Crippen molar-refractivity contribution < 1.29 is 5.11 Å². The van der Waals surface area contributed by atoms with E-state index in [1.54, 1.807) is 6.08 Å². The summed E-state index contributed by atoms with van der Waals surface area (Å²) in [6.07, 6.45) is 36.3. The Balaban J connectivity index is 1.70. The van der Waals surface area contributed by atoms with E-state index in [0.29, 0.717) is 0 Å². The second-order valence-electron chi connectivity index (χ2n) is 11.0. The monoisotopic (exact) mass is 490 g/mol. The summed E-state index contributed by atoms with van der Waals surface area (Å²) < 4.78 is 0. The smallest absolute Gasteiger partial charge is 0.146 e. The Morgan fingerprint density at radius 3 is 1.34 bits per heavy atom. The van der Waals surface area contributed by atoms with Crippen LogP contribution in [0.15, 0.2) is 17.6 Å². The van der Waals surface area contributed by atoms with E-state index in [4.69, 9.17) is 0 Å². The van der Waals surface area contributed by atoms with E-state index in [-0.39, 0.29) is 0 Å². The van der Waals surface area contributed by atoms with Crippen molar-refractivity contribution in [1.29, 1.82) is 0 Å². The number of rotatable bonds is 27. The van der Waals surface area contributed by atoms with E-state index in [0.717, 1.165) is 25.3 Å². The van der Waals surface area contributed by atoms with Crippen LogP contribution in [0.3, 0.4) is 0 Å². The van der Waals surface area contributed by atoms with Crippen molar-refractivity contribution in [3.8, 4) is 0 Å². The van der Waals surface area contributed by atoms with E-state index in [9.17, 15) is 5.11 Å². The first-order valence-electron chi connectivity index (χ1n) is 15.9. The van der Waals surface area contributed by atoms with Gasteiger partial charge in [0.05, 0.1) is 6.54 Å². The minimum Gasteiger partial charge on any atom is -0.370 e. The van der Waals surface area contributed by atoms with Gasteiger partial charge in [-0.1, -0.05) is 161 Å². The predicted molar refractivity (Wildman–Crippen MR) is 156 cm³/mol. The normalized spacial score (nSPS) is 14.5. The van der Waals surface area contributed by atoms with Crippen molar-refractivity contribution in [3.63, 3.8) is 0 Å². The molecule has 1 aliphatic heterocycles. The standard InChI is InChI=1S/C32H62N2O/c1-3-5-6-7-8-9-10-11-12-13-14-15-16-17-18-19-20-21-22-23-24-25-26-27-28-31-33-29-30-34(31)32(35)4-2/h4,32,35H,2-3,5-30H2,1H3. The first-order chi connectivity index (χ1) is 17.3. The van der Waals surface area contributed by atoms with E-state index < -0.39 is 6.23 Å². The zero-order chi connectivity index (χ0) is 25.2. The molecule has 1 heterocycles. The SMILES string of the molecule is C=CC(O)N1CCN=C1CCCCCCCCCCCCCCCCCCCCCCCCCC. The van der Waals surface area contributed by atoms with Gasteiger partial charge in [0.25, 0.3) is 0 Å². The second kappa shape index (κ2) is 24.8. The Kier molecular flexibility index (Phi) is 22.9. The average molecular weight is 491 g/mol. The molecule has 0 spiro atoms. The van der Waals surface area contributed by atoms with Crippen LogP contribution in [0.25, 0.3) is 0 Å². The zero-order valence-electron chi connectivity index (χ0n) is 23.8. The lowest BCUT2D eigenvalue weighted by Crippen LogP contribution is -2.36. The first-order valence-corrected chi connectivity index (χ1v) is 15.9. The Labute approximate surface area is 220 Å². The van der Waals surface area contributed by atoms with Gasteiger partial charge in [0.15, 0.2) is 0 Å². The van der Waals surface area contributed by atoms with Gasteiger partial charge in [-0.25, -0.2) is 0 Å². The van der Waals surface area contributed by atoms with Gasteiger partial charge in [-0.2, -0.15) is 0 Å². The maximum atomic E-state index is 9.94. The third-order valence-electron chi connectivity index (χ3n) is 7.75. The topological polar surface area (TPSA) is 35.8 Å². The lowest BCUT2D eigenvalue weighted by molar-refractivity contribution is 0.103. The van der Waals surface area contributed by atoms with Crippen LogP contribution in [0.4, 0.5) is 0 Å². The van der Waals surface area contributed by atoms with Crippen molar-refractivity contribution >= 4 is 5.84 Å². The number of aliphatic hydroxyl groups is 1. The highest BCUT2D eigenvalue weighted by Crippen LogP contribution is 2.17. The minimum absolute atomic E-state index is 0.564. The largest absolute Gasteiger partial charge is 0.370 e. The molecule has 1 atom stereocenters. The molecule has 0 radical (unpaired) electrons. The summed E-state index contributed by atoms with van der Waals surface area (Å²) >= 11 is 0. The molecule has 0 fully saturated rings. The van der Waals surface area contributed by atoms with Crippen molar-refractivity contribution in [2.24, 2.45) is 4.99 Å². The van der Waals surface area contributed by atoms with Crippen LogP contribution in [0.5, 0.6) is 0 Å². The third-order valence-corrected chi connectivity index (χ3v) is 7.75. The molecular formula is C32H62N2O. The second-order valence-corrected chi connectivity index (χ2v) is 11.0. The molecule has 206 valence electrons. The number of aliphatic hydroxyl groups excluding tert-OH is 1. The Morgan fingerprint density at radius 2 is 1.00 bits per heavy atom. The number of nitrogens with zero attached hydrogens (tertiary/aromatic N) is 2. The molecule has 1 aliphatic rings. The highest BCUT2D eigenvalue weighted by atomic mass is 16.3. The number of hydrogen-bond donors (Lipinski definition) is 1. The molecule has 0 aromatic carbocycles. The Bertz CT molecular complexity index is 490. The lowest BCUT2D eigenvalue weighted by atomic mass is 10.0. The van der Waals surface area contributed by atoms with E-state index in [1.807, 2.05) is 4.90 Å². The molecule has 0 amide bonds. The summed E-state index contributed by atoms with van der Waals surface area (Å²) in [5.74, 6) is 1.08. The molecule has 0 bridgehead atoms. The average Bonchev–Trinajstić information content (AvgIpc) is 3.34. The fraction of sp³-hybridized carbons (Fsp3) is 0.906. The van der Waals surface area contributed by atoms with E-state index in [1.165, 1.54) is 154 Å². The van der Waals surface area contributed by atoms with Crippen LogP contribution in [0.2, 0.25) is 0 Å². The van der Waals surface area contributed by atoms with Crippen LogP contribution < -0.4 is 0 Å². The van der Waals surface area contributed by atoms with Gasteiger partial charge in [-0.05, 0) is 12.5 Å². The van der Waals surface area contributed by atoms with Crippen LogP contribution in [-0.2, 0) is 0 Å². The number of amidine groups is 1. The lowest BCUT2D eigenvalue weighted by Gasteiger charge is -2.23. The van der Waals surface area contributed by atoms with Crippen LogP contribution in [0, 0.1) is 0 Å². The van der Waals surface area contributed by atoms with Gasteiger partial charge in [0, 0.05) is 13.0 Å². The summed E-state index contributed by atoms with van der Waals surface area (Å²) in [6.45, 7) is 7.64. The van der Waals surface area contributed by atoms with Crippen molar-refractivity contribution in [1.82, 2.24) is 4.90 Å². The van der Waals surface area contributed by atoms with Gasteiger partial charge < -0.3 is 10.0 Å². The molecule has 1 rings (SSSR count). The molecular weight excluding hydrogens is 428 g/mol. The van der Waals surface area contributed by atoms with Crippen LogP contribution >= 0.6 is 0 Å². The van der Waals surface area contributed by atoms with Gasteiger partial charge in [0.1, 0.15) is 12.1 Å². The fourth-order valence-corrected chi connectivity index (χ4v) is 5.39. The predicted octanol–water partition coefficient (Wildman–Crippen LogP) is 9.98. The van der Waals surface area contributed by atoms with Crippen LogP contribution in [-0.4, -0.2) is 35.2 Å². The van der Waals surface area contributed by atoms with Crippen molar-refractivity contribution in [3.05, 3.63) is 12.7 Å². The van der Waals surface area contributed by atoms with Gasteiger partial charge in [0.2, 0.25) is 0 Å². The first kappa shape index (κ1) is 32.2. The summed E-state index contributed by atoms with van der Waals surface area (Å²) in [4.78, 5) is 6.54. The molecule has 35 heavy (non-hydrogen) atoms. The van der Waals surface area contributed by atoms with Gasteiger partial charge in [-0.3, -0.25) is 4.99 Å². The number of hydrogen-bond acceptors (Lipinski definition) is 3. The molecule has 0 aromatic rings. The van der Waals surface area contributed by atoms with Crippen LogP contribution in [0.1, 0.15) is 167 Å². The number of unbranched alkanes of at least 4 members (excludes halogenated alkanes) is 23.